The summed E-state index contributed by atoms with van der Waals surface area (Å²) in [5, 5.41) is 0. The van der Waals surface area contributed by atoms with Gasteiger partial charge in [0.2, 0.25) is 0 Å². The summed E-state index contributed by atoms with van der Waals surface area (Å²) in [6, 6.07) is 8.82. The molecule has 0 spiro atoms. The topological polar surface area (TPSA) is 0 Å². The quantitative estimate of drug-likeness (QED) is 0.686. The van der Waals surface area contributed by atoms with E-state index in [1.807, 2.05) is 0 Å². The minimum absolute atomic E-state index is 0.460. The first-order chi connectivity index (χ1) is 6.14. The summed E-state index contributed by atoms with van der Waals surface area (Å²) in [7, 11) is 0. The molecule has 1 aromatic rings. The van der Waals surface area contributed by atoms with Crippen LogP contribution in [0.25, 0.3) is 6.08 Å². The average Bonchev–Trinajstić information content (AvgIpc) is 2.47. The van der Waals surface area contributed by atoms with Crippen LogP contribution < -0.4 is 0 Å². The summed E-state index contributed by atoms with van der Waals surface area (Å²) in [5.74, 6) is 0. The summed E-state index contributed by atoms with van der Waals surface area (Å²) in [6.07, 6.45) is 4.73. The van der Waals surface area contributed by atoms with Crippen molar-refractivity contribution in [2.24, 2.45) is 0 Å². The first-order valence-electron chi connectivity index (χ1n) is 4.74. The van der Waals surface area contributed by atoms with Crippen LogP contribution in [0, 0.1) is 0 Å². The van der Waals surface area contributed by atoms with Crippen LogP contribution in [-0.4, -0.2) is 0 Å². The molecule has 0 aliphatic heterocycles. The summed E-state index contributed by atoms with van der Waals surface area (Å²) >= 11 is -1.37. The van der Waals surface area contributed by atoms with Crippen molar-refractivity contribution in [1.29, 1.82) is 0 Å². The summed E-state index contributed by atoms with van der Waals surface area (Å²) < 4.78 is 5.45. The Labute approximate surface area is 88.2 Å². The Morgan fingerprint density at radius 3 is 2.54 bits per heavy atom. The van der Waals surface area contributed by atoms with E-state index in [0.29, 0.717) is 3.17 Å². The van der Waals surface area contributed by atoms with E-state index in [4.69, 9.17) is 0 Å². The predicted molar refractivity (Wildman–Crippen MR) is 54.6 cm³/mol. The van der Waals surface area contributed by atoms with Crippen molar-refractivity contribution in [3.05, 3.63) is 41.5 Å². The molecule has 0 fully saturated rings. The van der Waals surface area contributed by atoms with E-state index in [0.717, 1.165) is 0 Å². The Bertz CT molecular complexity index is 352. The Morgan fingerprint density at radius 1 is 1.15 bits per heavy atom. The van der Waals surface area contributed by atoms with Crippen molar-refractivity contribution >= 4 is 6.08 Å². The third kappa shape index (κ3) is 1.38. The van der Waals surface area contributed by atoms with Gasteiger partial charge in [-0.15, -0.1) is 0 Å². The number of hydrogen-bond donors (Lipinski definition) is 0. The zero-order valence-electron chi connectivity index (χ0n) is 8.46. The van der Waals surface area contributed by atoms with Crippen LogP contribution >= 0.6 is 0 Å². The summed E-state index contributed by atoms with van der Waals surface area (Å²) in [4.78, 5) is 0. The van der Waals surface area contributed by atoms with Crippen molar-refractivity contribution in [1.82, 2.24) is 0 Å². The maximum absolute atomic E-state index is 2.50. The number of hydrogen-bond acceptors (Lipinski definition) is 0. The van der Waals surface area contributed by atoms with Gasteiger partial charge in [0.1, 0.15) is 0 Å². The van der Waals surface area contributed by atoms with Crippen LogP contribution in [0.1, 0.15) is 18.1 Å². The second-order valence-electron chi connectivity index (χ2n) is 4.12. The third-order valence-electron chi connectivity index (χ3n) is 3.16. The summed E-state index contributed by atoms with van der Waals surface area (Å²) in [5.41, 5.74) is 3.01. The molecule has 0 N–H and O–H groups in total. The molecule has 1 aromatic carbocycles. The van der Waals surface area contributed by atoms with Crippen molar-refractivity contribution in [2.45, 2.75) is 19.5 Å². The van der Waals surface area contributed by atoms with Gasteiger partial charge in [-0.05, 0) is 0 Å². The first kappa shape index (κ1) is 9.39. The molecule has 0 amide bonds. The second kappa shape index (κ2) is 3.20. The van der Waals surface area contributed by atoms with Crippen LogP contribution in [0.5, 0.6) is 0 Å². The molecule has 0 heterocycles. The van der Waals surface area contributed by atoms with Crippen LogP contribution in [0.4, 0.5) is 0 Å². The van der Waals surface area contributed by atoms with Crippen molar-refractivity contribution in [3.63, 3.8) is 0 Å². The molecule has 0 saturated carbocycles. The molecular weight excluding hydrogens is 323 g/mol. The van der Waals surface area contributed by atoms with Gasteiger partial charge in [0.25, 0.3) is 0 Å². The van der Waals surface area contributed by atoms with Crippen molar-refractivity contribution < 1.29 is 21.4 Å². The van der Waals surface area contributed by atoms with Crippen molar-refractivity contribution in [3.8, 4) is 0 Å². The Balaban J connectivity index is 2.55. The van der Waals surface area contributed by atoms with Crippen LogP contribution in [-0.2, 0) is 24.6 Å². The van der Waals surface area contributed by atoms with E-state index in [1.54, 1.807) is 5.56 Å². The Hall–Kier alpha value is -0.170. The SMILES string of the molecule is [CH3][Hf]([CH3])[C]1(C)C=Cc2ccccc21. The molecule has 1 aliphatic rings. The fourth-order valence-electron chi connectivity index (χ4n) is 1.90. The second-order valence-corrected chi connectivity index (χ2v) is 15.0. The van der Waals surface area contributed by atoms with Gasteiger partial charge in [-0.3, -0.25) is 0 Å². The van der Waals surface area contributed by atoms with Crippen LogP contribution in [0.3, 0.4) is 0 Å². The van der Waals surface area contributed by atoms with E-state index in [9.17, 15) is 0 Å². The monoisotopic (exact) mass is 339 g/mol. The van der Waals surface area contributed by atoms with Gasteiger partial charge in [-0.1, -0.05) is 0 Å². The van der Waals surface area contributed by atoms with E-state index >= 15 is 0 Å². The van der Waals surface area contributed by atoms with Gasteiger partial charge in [0.15, 0.2) is 0 Å². The molecular formula is C12H15Hf. The standard InChI is InChI=1S/C10H9.2CH3.Hf/c1-8-6-7-9-4-2-3-5-10(8)9;;;/h2-7H,1H3;2*1H3;. The normalized spacial score (nSPS) is 24.5. The van der Waals surface area contributed by atoms with Gasteiger partial charge in [0.05, 0.1) is 0 Å². The predicted octanol–water partition coefficient (Wildman–Crippen LogP) is 3.64. The zero-order chi connectivity index (χ0) is 9.47. The van der Waals surface area contributed by atoms with E-state index in [1.165, 1.54) is 5.56 Å². The van der Waals surface area contributed by atoms with E-state index < -0.39 is 21.4 Å². The third-order valence-corrected chi connectivity index (χ3v) is 12.2. The molecule has 0 aromatic heterocycles. The molecule has 0 nitrogen and oxygen atoms in total. The number of fused-ring (bicyclic) bond motifs is 1. The summed E-state index contributed by atoms with van der Waals surface area (Å²) in [6.45, 7) is 2.41. The molecule has 1 heteroatoms. The number of allylic oxidation sites excluding steroid dienone is 1. The molecule has 0 radical (unpaired) electrons. The fourth-order valence-corrected chi connectivity index (χ4v) is 6.15. The first-order valence-corrected chi connectivity index (χ1v) is 13.7. The van der Waals surface area contributed by atoms with Gasteiger partial charge >= 0.3 is 88.4 Å². The van der Waals surface area contributed by atoms with Crippen LogP contribution in [0.15, 0.2) is 30.3 Å². The Morgan fingerprint density at radius 2 is 1.85 bits per heavy atom. The van der Waals surface area contributed by atoms with Gasteiger partial charge in [0, 0.05) is 0 Å². The van der Waals surface area contributed by atoms with E-state index in [2.05, 4.69) is 52.7 Å². The molecule has 1 aliphatic carbocycles. The molecule has 13 heavy (non-hydrogen) atoms. The molecule has 1 atom stereocenters. The average molecular weight is 338 g/mol. The maximum atomic E-state index is 2.50. The van der Waals surface area contributed by atoms with Crippen LogP contribution in [0.2, 0.25) is 9.36 Å². The zero-order valence-corrected chi connectivity index (χ0v) is 12.1. The molecule has 0 bridgehead atoms. The van der Waals surface area contributed by atoms with Gasteiger partial charge < -0.3 is 0 Å². The molecule has 67 valence electrons. The van der Waals surface area contributed by atoms with Gasteiger partial charge in [-0.25, -0.2) is 0 Å². The number of benzene rings is 1. The van der Waals surface area contributed by atoms with Crippen molar-refractivity contribution in [2.75, 3.05) is 0 Å². The van der Waals surface area contributed by atoms with E-state index in [-0.39, 0.29) is 0 Å². The molecule has 0 saturated heterocycles. The minimum atomic E-state index is -1.37. The molecule has 1 unspecified atom stereocenters. The number of rotatable bonds is 1. The Kier molecular flexibility index (Phi) is 2.31. The fraction of sp³-hybridized carbons (Fsp3) is 0.333. The molecule has 2 rings (SSSR count). The van der Waals surface area contributed by atoms with Gasteiger partial charge in [-0.2, -0.15) is 0 Å².